The molecule has 1 aliphatic rings. The molecule has 8 heteroatoms. The molecule has 0 fully saturated rings. The molecule has 8 nitrogen and oxygen atoms in total. The summed E-state index contributed by atoms with van der Waals surface area (Å²) in [7, 11) is 0. The Balaban J connectivity index is 1.75. The quantitative estimate of drug-likeness (QED) is 0.738. The highest BCUT2D eigenvalue weighted by atomic mass is 16.2. The Bertz CT molecular complexity index is 1070. The van der Waals surface area contributed by atoms with Gasteiger partial charge in [0.25, 0.3) is 0 Å². The SMILES string of the molecule is CC(C)n1cnnc1-c1cccc(-c2ncccc2C2=CCCN(C(N)=O)C2)n1. The van der Waals surface area contributed by atoms with E-state index in [9.17, 15) is 4.79 Å². The summed E-state index contributed by atoms with van der Waals surface area (Å²) < 4.78 is 1.99. The first-order valence-corrected chi connectivity index (χ1v) is 9.60. The number of rotatable bonds is 4. The van der Waals surface area contributed by atoms with Gasteiger partial charge in [-0.05, 0) is 44.0 Å². The highest BCUT2D eigenvalue weighted by Crippen LogP contribution is 2.30. The average Bonchev–Trinajstić information content (AvgIpc) is 3.24. The van der Waals surface area contributed by atoms with Gasteiger partial charge >= 0.3 is 6.03 Å². The highest BCUT2D eigenvalue weighted by molar-refractivity contribution is 5.82. The molecule has 2 N–H and O–H groups in total. The number of urea groups is 1. The van der Waals surface area contributed by atoms with E-state index >= 15 is 0 Å². The zero-order chi connectivity index (χ0) is 20.4. The van der Waals surface area contributed by atoms with Crippen molar-refractivity contribution in [2.45, 2.75) is 26.3 Å². The molecule has 0 atom stereocenters. The number of aromatic nitrogens is 5. The van der Waals surface area contributed by atoms with E-state index in [2.05, 4.69) is 35.1 Å². The van der Waals surface area contributed by atoms with Crippen molar-refractivity contribution in [3.63, 3.8) is 0 Å². The van der Waals surface area contributed by atoms with Crippen LogP contribution in [0.15, 0.2) is 48.9 Å². The fourth-order valence-electron chi connectivity index (χ4n) is 3.49. The maximum Gasteiger partial charge on any atom is 0.315 e. The van der Waals surface area contributed by atoms with E-state index in [0.717, 1.165) is 40.5 Å². The van der Waals surface area contributed by atoms with Crippen LogP contribution in [0.5, 0.6) is 0 Å². The van der Waals surface area contributed by atoms with Gasteiger partial charge in [0.1, 0.15) is 12.0 Å². The summed E-state index contributed by atoms with van der Waals surface area (Å²) in [5.74, 6) is 0.719. The molecule has 0 radical (unpaired) electrons. The minimum Gasteiger partial charge on any atom is -0.351 e. The molecule has 148 valence electrons. The summed E-state index contributed by atoms with van der Waals surface area (Å²) in [5.41, 5.74) is 9.71. The third-order valence-corrected chi connectivity index (χ3v) is 4.97. The number of hydrogen-bond acceptors (Lipinski definition) is 5. The molecule has 0 unspecified atom stereocenters. The van der Waals surface area contributed by atoms with E-state index in [1.165, 1.54) is 0 Å². The minimum absolute atomic E-state index is 0.225. The monoisotopic (exact) mass is 389 g/mol. The van der Waals surface area contributed by atoms with Crippen molar-refractivity contribution in [2.75, 3.05) is 13.1 Å². The second-order valence-corrected chi connectivity index (χ2v) is 7.24. The number of primary amides is 1. The van der Waals surface area contributed by atoms with Crippen LogP contribution < -0.4 is 5.73 Å². The molecule has 3 aromatic rings. The predicted octanol–water partition coefficient (Wildman–Crippen LogP) is 3.15. The predicted molar refractivity (Wildman–Crippen MR) is 111 cm³/mol. The van der Waals surface area contributed by atoms with Gasteiger partial charge in [0.15, 0.2) is 5.82 Å². The lowest BCUT2D eigenvalue weighted by atomic mass is 9.98. The van der Waals surface area contributed by atoms with Crippen LogP contribution in [0.2, 0.25) is 0 Å². The van der Waals surface area contributed by atoms with Crippen LogP contribution >= 0.6 is 0 Å². The molecular weight excluding hydrogens is 366 g/mol. The number of carbonyl (C=O) groups is 1. The third kappa shape index (κ3) is 3.73. The zero-order valence-electron chi connectivity index (χ0n) is 16.5. The van der Waals surface area contributed by atoms with Gasteiger partial charge in [-0.3, -0.25) is 4.98 Å². The van der Waals surface area contributed by atoms with Gasteiger partial charge < -0.3 is 15.2 Å². The molecule has 0 aliphatic carbocycles. The molecule has 29 heavy (non-hydrogen) atoms. The smallest absolute Gasteiger partial charge is 0.315 e. The van der Waals surface area contributed by atoms with Gasteiger partial charge in [-0.25, -0.2) is 9.78 Å². The fraction of sp³-hybridized carbons (Fsp3) is 0.286. The van der Waals surface area contributed by atoms with Crippen molar-refractivity contribution in [2.24, 2.45) is 5.73 Å². The molecule has 0 saturated carbocycles. The Morgan fingerprint density at radius 3 is 2.79 bits per heavy atom. The lowest BCUT2D eigenvalue weighted by Crippen LogP contribution is -2.39. The summed E-state index contributed by atoms with van der Waals surface area (Å²) in [6, 6.07) is 9.51. The van der Waals surface area contributed by atoms with Gasteiger partial charge in [0.2, 0.25) is 0 Å². The highest BCUT2D eigenvalue weighted by Gasteiger charge is 2.20. The van der Waals surface area contributed by atoms with Crippen molar-refractivity contribution in [1.29, 1.82) is 0 Å². The van der Waals surface area contributed by atoms with E-state index in [0.29, 0.717) is 13.1 Å². The third-order valence-electron chi connectivity index (χ3n) is 4.97. The lowest BCUT2D eigenvalue weighted by Gasteiger charge is -2.26. The van der Waals surface area contributed by atoms with Crippen molar-refractivity contribution < 1.29 is 4.79 Å². The maximum absolute atomic E-state index is 11.6. The van der Waals surface area contributed by atoms with E-state index in [4.69, 9.17) is 10.7 Å². The van der Waals surface area contributed by atoms with Gasteiger partial charge in [-0.15, -0.1) is 10.2 Å². The van der Waals surface area contributed by atoms with Crippen LogP contribution in [0, 0.1) is 0 Å². The Labute approximate surface area is 169 Å². The molecule has 0 saturated heterocycles. The second kappa shape index (κ2) is 7.83. The molecule has 0 aromatic carbocycles. The van der Waals surface area contributed by atoms with Crippen molar-refractivity contribution >= 4 is 11.6 Å². The van der Waals surface area contributed by atoms with Crippen molar-refractivity contribution in [3.8, 4) is 22.9 Å². The van der Waals surface area contributed by atoms with Gasteiger partial charge in [-0.1, -0.05) is 18.2 Å². The van der Waals surface area contributed by atoms with Crippen molar-refractivity contribution in [1.82, 2.24) is 29.6 Å². The van der Waals surface area contributed by atoms with Crippen LogP contribution in [-0.2, 0) is 0 Å². The Hall–Kier alpha value is -3.55. The van der Waals surface area contributed by atoms with Crippen LogP contribution in [0.4, 0.5) is 4.79 Å². The standard InChI is InChI=1S/C21H23N7O/c1-14(2)28-13-24-26-20(28)18-9-3-8-17(25-18)19-16(7-4-10-23-19)15-6-5-11-27(12-15)21(22)29/h3-4,6-10,13-14H,5,11-12H2,1-2H3,(H2,22,29). The van der Waals surface area contributed by atoms with Crippen LogP contribution in [0.3, 0.4) is 0 Å². The van der Waals surface area contributed by atoms with Crippen LogP contribution in [-0.4, -0.2) is 48.8 Å². The number of carbonyl (C=O) groups excluding carboxylic acids is 1. The van der Waals surface area contributed by atoms with E-state index in [-0.39, 0.29) is 6.04 Å². The first kappa shape index (κ1) is 18.8. The normalized spacial score (nSPS) is 14.2. The van der Waals surface area contributed by atoms with Crippen LogP contribution in [0.25, 0.3) is 28.5 Å². The Kier molecular flexibility index (Phi) is 5.07. The second-order valence-electron chi connectivity index (χ2n) is 7.24. The van der Waals surface area contributed by atoms with Gasteiger partial charge in [0.05, 0.1) is 11.4 Å². The number of amides is 2. The number of pyridine rings is 2. The van der Waals surface area contributed by atoms with E-state index in [1.807, 2.05) is 34.9 Å². The lowest BCUT2D eigenvalue weighted by molar-refractivity contribution is 0.213. The van der Waals surface area contributed by atoms with Gasteiger partial charge in [-0.2, -0.15) is 0 Å². The largest absolute Gasteiger partial charge is 0.351 e. The van der Waals surface area contributed by atoms with E-state index < -0.39 is 6.03 Å². The molecule has 0 spiro atoms. The maximum atomic E-state index is 11.6. The first-order chi connectivity index (χ1) is 14.0. The van der Waals surface area contributed by atoms with Gasteiger partial charge in [0, 0.05) is 30.9 Å². The topological polar surface area (TPSA) is 103 Å². The summed E-state index contributed by atoms with van der Waals surface area (Å²) in [6.07, 6.45) is 6.36. The fourth-order valence-corrected chi connectivity index (χ4v) is 3.49. The molecule has 3 aromatic heterocycles. The van der Waals surface area contributed by atoms with Crippen molar-refractivity contribution in [3.05, 3.63) is 54.5 Å². The molecule has 1 aliphatic heterocycles. The van der Waals surface area contributed by atoms with Crippen LogP contribution in [0.1, 0.15) is 31.9 Å². The molecule has 2 amide bonds. The van der Waals surface area contributed by atoms with E-state index in [1.54, 1.807) is 17.4 Å². The number of hydrogen-bond donors (Lipinski definition) is 1. The summed E-state index contributed by atoms with van der Waals surface area (Å²) in [6.45, 7) is 5.25. The number of nitrogens with zero attached hydrogens (tertiary/aromatic N) is 6. The summed E-state index contributed by atoms with van der Waals surface area (Å²) in [4.78, 5) is 22.7. The number of nitrogens with two attached hydrogens (primary N) is 1. The Morgan fingerprint density at radius 1 is 1.17 bits per heavy atom. The Morgan fingerprint density at radius 2 is 2.00 bits per heavy atom. The molecule has 0 bridgehead atoms. The summed E-state index contributed by atoms with van der Waals surface area (Å²) >= 11 is 0. The average molecular weight is 389 g/mol. The zero-order valence-corrected chi connectivity index (χ0v) is 16.5. The molecule has 4 heterocycles. The molecular formula is C21H23N7O. The summed E-state index contributed by atoms with van der Waals surface area (Å²) in [5, 5.41) is 8.28. The minimum atomic E-state index is -0.408. The molecule has 4 rings (SSSR count). The first-order valence-electron chi connectivity index (χ1n) is 9.60.